The standard InChI is InChI=1S/C19H35N5S/c1-4-7-10-21-19(20-6-3)22-13-16-8-11-24(12-9-16)14-17-15-25-18(5-2)23-17/h15-16H,4-14H2,1-3H3,(H2,20,21,22). The number of unbranched alkanes of at least 4 members (excludes halogenated alkanes) is 1. The van der Waals surface area contributed by atoms with Crippen LogP contribution in [0.3, 0.4) is 0 Å². The Morgan fingerprint density at radius 1 is 1.28 bits per heavy atom. The molecule has 1 fully saturated rings. The van der Waals surface area contributed by atoms with Gasteiger partial charge >= 0.3 is 0 Å². The van der Waals surface area contributed by atoms with Crippen molar-refractivity contribution in [1.29, 1.82) is 0 Å². The van der Waals surface area contributed by atoms with Gasteiger partial charge in [-0.3, -0.25) is 9.89 Å². The van der Waals surface area contributed by atoms with Crippen molar-refractivity contribution in [3.8, 4) is 0 Å². The highest BCUT2D eigenvalue weighted by atomic mass is 32.1. The first-order chi connectivity index (χ1) is 12.2. The Bertz CT molecular complexity index is 506. The minimum absolute atomic E-state index is 0.708. The molecule has 2 N–H and O–H groups in total. The molecule has 0 amide bonds. The maximum atomic E-state index is 4.80. The molecular formula is C19H35N5S. The molecule has 0 aromatic carbocycles. The van der Waals surface area contributed by atoms with Crippen molar-refractivity contribution in [2.24, 2.45) is 10.9 Å². The highest BCUT2D eigenvalue weighted by molar-refractivity contribution is 7.09. The van der Waals surface area contributed by atoms with Crippen LogP contribution in [0, 0.1) is 5.92 Å². The van der Waals surface area contributed by atoms with Gasteiger partial charge in [0.2, 0.25) is 0 Å². The number of guanidine groups is 1. The summed E-state index contributed by atoms with van der Waals surface area (Å²) in [5.74, 6) is 1.69. The van der Waals surface area contributed by atoms with E-state index in [1.165, 1.54) is 49.5 Å². The van der Waals surface area contributed by atoms with E-state index in [4.69, 9.17) is 9.98 Å². The molecule has 1 saturated heterocycles. The van der Waals surface area contributed by atoms with Crippen LogP contribution in [0.15, 0.2) is 10.4 Å². The maximum absolute atomic E-state index is 4.80. The van der Waals surface area contributed by atoms with E-state index in [9.17, 15) is 0 Å². The van der Waals surface area contributed by atoms with E-state index in [1.807, 2.05) is 0 Å². The van der Waals surface area contributed by atoms with E-state index in [1.54, 1.807) is 11.3 Å². The normalized spacial score (nSPS) is 17.0. The van der Waals surface area contributed by atoms with Crippen molar-refractivity contribution in [1.82, 2.24) is 20.5 Å². The van der Waals surface area contributed by atoms with Crippen molar-refractivity contribution >= 4 is 17.3 Å². The molecule has 0 aliphatic carbocycles. The third-order valence-electron chi connectivity index (χ3n) is 4.67. The molecule has 1 aromatic rings. The van der Waals surface area contributed by atoms with Crippen LogP contribution < -0.4 is 10.6 Å². The number of aryl methyl sites for hydroxylation is 1. The average Bonchev–Trinajstić information content (AvgIpc) is 3.08. The molecule has 2 heterocycles. The highest BCUT2D eigenvalue weighted by Gasteiger charge is 2.19. The molecule has 1 aliphatic heterocycles. The van der Waals surface area contributed by atoms with Gasteiger partial charge < -0.3 is 10.6 Å². The zero-order chi connectivity index (χ0) is 17.9. The number of hydrogen-bond acceptors (Lipinski definition) is 4. The Morgan fingerprint density at radius 2 is 2.08 bits per heavy atom. The van der Waals surface area contributed by atoms with Crippen molar-refractivity contribution in [2.75, 3.05) is 32.7 Å². The van der Waals surface area contributed by atoms with Gasteiger partial charge in [-0.1, -0.05) is 20.3 Å². The molecule has 5 nitrogen and oxygen atoms in total. The van der Waals surface area contributed by atoms with Gasteiger partial charge in [-0.05, 0) is 51.6 Å². The average molecular weight is 366 g/mol. The Kier molecular flexibility index (Phi) is 9.26. The van der Waals surface area contributed by atoms with Gasteiger partial charge in [0.1, 0.15) is 0 Å². The van der Waals surface area contributed by atoms with Crippen LogP contribution >= 0.6 is 11.3 Å². The largest absolute Gasteiger partial charge is 0.357 e. The van der Waals surface area contributed by atoms with Crippen LogP contribution in [0.1, 0.15) is 57.2 Å². The van der Waals surface area contributed by atoms with Gasteiger partial charge in [0, 0.05) is 31.6 Å². The van der Waals surface area contributed by atoms with E-state index in [-0.39, 0.29) is 0 Å². The van der Waals surface area contributed by atoms with Crippen molar-refractivity contribution < 1.29 is 0 Å². The minimum atomic E-state index is 0.708. The number of nitrogens with one attached hydrogen (secondary N) is 2. The Hall–Kier alpha value is -1.14. The number of aliphatic imine (C=N–C) groups is 1. The van der Waals surface area contributed by atoms with Gasteiger partial charge in [-0.2, -0.15) is 0 Å². The number of likely N-dealkylation sites (tertiary alicyclic amines) is 1. The molecule has 0 radical (unpaired) electrons. The van der Waals surface area contributed by atoms with Gasteiger partial charge in [0.15, 0.2) is 5.96 Å². The predicted molar refractivity (Wildman–Crippen MR) is 108 cm³/mol. The van der Waals surface area contributed by atoms with Crippen LogP contribution in [-0.4, -0.2) is 48.6 Å². The lowest BCUT2D eigenvalue weighted by Gasteiger charge is -2.30. The number of aromatic nitrogens is 1. The Labute approximate surface area is 157 Å². The predicted octanol–water partition coefficient (Wildman–Crippen LogP) is 3.27. The van der Waals surface area contributed by atoms with Gasteiger partial charge in [0.05, 0.1) is 10.7 Å². The molecule has 0 bridgehead atoms. The second-order valence-electron chi connectivity index (χ2n) is 6.81. The van der Waals surface area contributed by atoms with E-state index in [0.717, 1.165) is 38.6 Å². The number of rotatable bonds is 9. The molecular weight excluding hydrogens is 330 g/mol. The summed E-state index contributed by atoms with van der Waals surface area (Å²) in [7, 11) is 0. The van der Waals surface area contributed by atoms with Gasteiger partial charge in [-0.25, -0.2) is 4.98 Å². The first-order valence-electron chi connectivity index (χ1n) is 9.92. The Balaban J connectivity index is 1.72. The molecule has 0 atom stereocenters. The van der Waals surface area contributed by atoms with Crippen molar-refractivity contribution in [3.63, 3.8) is 0 Å². The fourth-order valence-corrected chi connectivity index (χ4v) is 3.82. The van der Waals surface area contributed by atoms with Crippen LogP contribution in [0.25, 0.3) is 0 Å². The first kappa shape index (κ1) is 20.2. The van der Waals surface area contributed by atoms with E-state index in [2.05, 4.69) is 41.7 Å². The summed E-state index contributed by atoms with van der Waals surface area (Å²) < 4.78 is 0. The summed E-state index contributed by atoms with van der Waals surface area (Å²) in [6.45, 7) is 12.7. The SMILES string of the molecule is CCCCNC(=NCC1CCN(Cc2csc(CC)n2)CC1)NCC. The molecule has 0 spiro atoms. The summed E-state index contributed by atoms with van der Waals surface area (Å²) in [5, 5.41) is 10.3. The van der Waals surface area contributed by atoms with E-state index in [0.29, 0.717) is 5.92 Å². The van der Waals surface area contributed by atoms with Crippen LogP contribution in [0.2, 0.25) is 0 Å². The lowest BCUT2D eigenvalue weighted by atomic mass is 9.97. The molecule has 0 saturated carbocycles. The Morgan fingerprint density at radius 3 is 2.72 bits per heavy atom. The number of thiazole rings is 1. The summed E-state index contributed by atoms with van der Waals surface area (Å²) in [5.41, 5.74) is 1.24. The lowest BCUT2D eigenvalue weighted by Crippen LogP contribution is -2.39. The quantitative estimate of drug-likeness (QED) is 0.401. The van der Waals surface area contributed by atoms with E-state index < -0.39 is 0 Å². The summed E-state index contributed by atoms with van der Waals surface area (Å²) >= 11 is 1.79. The molecule has 0 unspecified atom stereocenters. The van der Waals surface area contributed by atoms with Gasteiger partial charge in [-0.15, -0.1) is 11.3 Å². The lowest BCUT2D eigenvalue weighted by molar-refractivity contribution is 0.179. The van der Waals surface area contributed by atoms with Crippen LogP contribution in [0.5, 0.6) is 0 Å². The highest BCUT2D eigenvalue weighted by Crippen LogP contribution is 2.20. The third kappa shape index (κ3) is 7.32. The van der Waals surface area contributed by atoms with Crippen LogP contribution in [0.4, 0.5) is 0 Å². The maximum Gasteiger partial charge on any atom is 0.191 e. The molecule has 142 valence electrons. The van der Waals surface area contributed by atoms with Crippen LogP contribution in [-0.2, 0) is 13.0 Å². The number of nitrogens with zero attached hydrogens (tertiary/aromatic N) is 3. The molecule has 6 heteroatoms. The summed E-state index contributed by atoms with van der Waals surface area (Å²) in [6.07, 6.45) is 5.93. The second kappa shape index (κ2) is 11.5. The summed E-state index contributed by atoms with van der Waals surface area (Å²) in [4.78, 5) is 12.0. The zero-order valence-electron chi connectivity index (χ0n) is 16.2. The number of piperidine rings is 1. The number of hydrogen-bond donors (Lipinski definition) is 2. The molecule has 25 heavy (non-hydrogen) atoms. The van der Waals surface area contributed by atoms with Crippen molar-refractivity contribution in [3.05, 3.63) is 16.1 Å². The molecule has 1 aromatic heterocycles. The monoisotopic (exact) mass is 365 g/mol. The zero-order valence-corrected chi connectivity index (χ0v) is 17.0. The minimum Gasteiger partial charge on any atom is -0.357 e. The molecule has 2 rings (SSSR count). The fraction of sp³-hybridized carbons (Fsp3) is 0.789. The molecule has 1 aliphatic rings. The van der Waals surface area contributed by atoms with E-state index >= 15 is 0 Å². The second-order valence-corrected chi connectivity index (χ2v) is 7.75. The summed E-state index contributed by atoms with van der Waals surface area (Å²) in [6, 6.07) is 0. The van der Waals surface area contributed by atoms with Gasteiger partial charge in [0.25, 0.3) is 0 Å². The fourth-order valence-electron chi connectivity index (χ4n) is 3.09. The first-order valence-corrected chi connectivity index (χ1v) is 10.8. The third-order valence-corrected chi connectivity index (χ3v) is 5.71. The smallest absolute Gasteiger partial charge is 0.191 e. The van der Waals surface area contributed by atoms with Crippen molar-refractivity contribution in [2.45, 2.75) is 59.4 Å². The topological polar surface area (TPSA) is 52.6 Å².